The molecule has 1 aromatic carbocycles. The Labute approximate surface area is 178 Å². The minimum absolute atomic E-state index is 0.0448. The van der Waals surface area contributed by atoms with Gasteiger partial charge < -0.3 is 14.5 Å². The van der Waals surface area contributed by atoms with E-state index >= 15 is 0 Å². The van der Waals surface area contributed by atoms with Crippen molar-refractivity contribution in [3.05, 3.63) is 41.8 Å². The third-order valence-electron chi connectivity index (χ3n) is 5.50. The first-order valence-corrected chi connectivity index (χ1v) is 10.6. The topological polar surface area (TPSA) is 58.6 Å². The number of unbranched alkanes of at least 4 members (excludes halogenated alkanes) is 1. The molecule has 0 aliphatic carbocycles. The van der Waals surface area contributed by atoms with Crippen LogP contribution in [0.15, 0.2) is 30.5 Å². The SMILES string of the molecule is CCCCC(=O)C(C)c1ccc(O[C@@H]2CCN(c3nc(N(C)C)ncc3F)C2)cc1. The van der Waals surface area contributed by atoms with Crippen LogP contribution in [0.2, 0.25) is 0 Å². The normalized spacial score (nSPS) is 17.1. The van der Waals surface area contributed by atoms with Crippen LogP contribution in [0.4, 0.5) is 16.2 Å². The van der Waals surface area contributed by atoms with Gasteiger partial charge in [-0.3, -0.25) is 4.79 Å². The lowest BCUT2D eigenvalue weighted by Crippen LogP contribution is -2.27. The average Bonchev–Trinajstić information content (AvgIpc) is 3.20. The lowest BCUT2D eigenvalue weighted by atomic mass is 9.94. The predicted octanol–water partition coefficient (Wildman–Crippen LogP) is 4.20. The number of ether oxygens (including phenoxy) is 1. The predicted molar refractivity (Wildman–Crippen MR) is 117 cm³/mol. The molecule has 6 nitrogen and oxygen atoms in total. The molecule has 7 heteroatoms. The van der Waals surface area contributed by atoms with E-state index in [0.29, 0.717) is 31.3 Å². The molecule has 1 aromatic heterocycles. The summed E-state index contributed by atoms with van der Waals surface area (Å²) in [5.74, 6) is 1.31. The molecule has 0 bridgehead atoms. The van der Waals surface area contributed by atoms with E-state index in [0.717, 1.165) is 30.6 Å². The summed E-state index contributed by atoms with van der Waals surface area (Å²) >= 11 is 0. The van der Waals surface area contributed by atoms with Crippen molar-refractivity contribution in [3.8, 4) is 5.75 Å². The van der Waals surface area contributed by atoms with E-state index in [-0.39, 0.29) is 17.8 Å². The van der Waals surface area contributed by atoms with Gasteiger partial charge in [0.1, 0.15) is 17.6 Å². The number of anilines is 2. The molecule has 0 amide bonds. The Balaban J connectivity index is 1.59. The minimum Gasteiger partial charge on any atom is -0.489 e. The Morgan fingerprint density at radius 2 is 2.07 bits per heavy atom. The van der Waals surface area contributed by atoms with Crippen LogP contribution >= 0.6 is 0 Å². The molecule has 1 unspecified atom stereocenters. The largest absolute Gasteiger partial charge is 0.489 e. The molecule has 2 heterocycles. The summed E-state index contributed by atoms with van der Waals surface area (Å²) in [6.45, 7) is 5.29. The molecule has 2 aromatic rings. The number of hydrogen-bond acceptors (Lipinski definition) is 6. The van der Waals surface area contributed by atoms with Gasteiger partial charge in [-0.15, -0.1) is 0 Å². The van der Waals surface area contributed by atoms with Gasteiger partial charge in [-0.25, -0.2) is 9.37 Å². The molecule has 0 saturated carbocycles. The number of carbonyl (C=O) groups excluding carboxylic acids is 1. The fourth-order valence-electron chi connectivity index (χ4n) is 3.58. The highest BCUT2D eigenvalue weighted by molar-refractivity contribution is 5.85. The zero-order chi connectivity index (χ0) is 21.7. The zero-order valence-electron chi connectivity index (χ0n) is 18.3. The van der Waals surface area contributed by atoms with E-state index in [2.05, 4.69) is 16.9 Å². The summed E-state index contributed by atoms with van der Waals surface area (Å²) in [6, 6.07) is 7.75. The molecule has 2 atom stereocenters. The Morgan fingerprint density at radius 1 is 1.33 bits per heavy atom. The number of nitrogens with zero attached hydrogens (tertiary/aromatic N) is 4. The Hall–Kier alpha value is -2.70. The van der Waals surface area contributed by atoms with Crippen LogP contribution in [0.3, 0.4) is 0 Å². The summed E-state index contributed by atoms with van der Waals surface area (Å²) in [5.41, 5.74) is 1.01. The molecular weight excluding hydrogens is 383 g/mol. The fourth-order valence-corrected chi connectivity index (χ4v) is 3.58. The van der Waals surface area contributed by atoms with Gasteiger partial charge in [0.15, 0.2) is 11.6 Å². The molecular formula is C23H31FN4O2. The summed E-state index contributed by atoms with van der Waals surface area (Å²) in [4.78, 5) is 24.3. The van der Waals surface area contributed by atoms with Crippen molar-refractivity contribution >= 4 is 17.5 Å². The number of carbonyl (C=O) groups is 1. The summed E-state index contributed by atoms with van der Waals surface area (Å²) in [6.07, 6.45) is 4.55. The maximum atomic E-state index is 14.2. The second-order valence-electron chi connectivity index (χ2n) is 8.07. The average molecular weight is 415 g/mol. The van der Waals surface area contributed by atoms with Gasteiger partial charge in [-0.1, -0.05) is 32.4 Å². The van der Waals surface area contributed by atoms with Crippen molar-refractivity contribution in [2.45, 2.75) is 51.6 Å². The third-order valence-corrected chi connectivity index (χ3v) is 5.50. The van der Waals surface area contributed by atoms with Gasteiger partial charge in [0.2, 0.25) is 5.95 Å². The second kappa shape index (κ2) is 9.87. The van der Waals surface area contributed by atoms with Crippen LogP contribution in [0.5, 0.6) is 5.75 Å². The third kappa shape index (κ3) is 5.26. The lowest BCUT2D eigenvalue weighted by Gasteiger charge is -2.20. The van der Waals surface area contributed by atoms with Crippen molar-refractivity contribution in [3.63, 3.8) is 0 Å². The number of halogens is 1. The first-order valence-electron chi connectivity index (χ1n) is 10.6. The lowest BCUT2D eigenvalue weighted by molar-refractivity contribution is -0.120. The quantitative estimate of drug-likeness (QED) is 0.613. The Bertz CT molecular complexity index is 857. The maximum Gasteiger partial charge on any atom is 0.226 e. The smallest absolute Gasteiger partial charge is 0.226 e. The molecule has 0 N–H and O–H groups in total. The van der Waals surface area contributed by atoms with E-state index in [1.807, 2.05) is 50.2 Å². The van der Waals surface area contributed by atoms with Gasteiger partial charge >= 0.3 is 0 Å². The zero-order valence-corrected chi connectivity index (χ0v) is 18.3. The van der Waals surface area contributed by atoms with Crippen LogP contribution in [-0.2, 0) is 4.79 Å². The number of hydrogen-bond donors (Lipinski definition) is 0. The highest BCUT2D eigenvalue weighted by atomic mass is 19.1. The van der Waals surface area contributed by atoms with Gasteiger partial charge in [0.25, 0.3) is 0 Å². The standard InChI is InChI=1S/C23H31FN4O2/c1-5-6-7-21(29)16(2)17-8-10-18(11-9-17)30-19-12-13-28(15-19)22-20(24)14-25-23(26-22)27(3)4/h8-11,14,16,19H,5-7,12-13,15H2,1-4H3/t16?,19-/m1/s1. The second-order valence-corrected chi connectivity index (χ2v) is 8.07. The number of aromatic nitrogens is 2. The monoisotopic (exact) mass is 414 g/mol. The number of rotatable bonds is 9. The van der Waals surface area contributed by atoms with Crippen LogP contribution in [0, 0.1) is 5.82 Å². The number of benzene rings is 1. The van der Waals surface area contributed by atoms with Crippen molar-refractivity contribution in [1.29, 1.82) is 0 Å². The Morgan fingerprint density at radius 3 is 2.73 bits per heavy atom. The number of Topliss-reactive ketones (excluding diaryl/α,β-unsaturated/α-hetero) is 1. The fraction of sp³-hybridized carbons (Fsp3) is 0.522. The van der Waals surface area contributed by atoms with Crippen molar-refractivity contribution in [2.24, 2.45) is 0 Å². The highest BCUT2D eigenvalue weighted by Gasteiger charge is 2.27. The van der Waals surface area contributed by atoms with Crippen molar-refractivity contribution < 1.29 is 13.9 Å². The van der Waals surface area contributed by atoms with E-state index in [1.165, 1.54) is 6.20 Å². The van der Waals surface area contributed by atoms with Crippen LogP contribution in [-0.4, -0.2) is 49.0 Å². The maximum absolute atomic E-state index is 14.2. The minimum atomic E-state index is -0.424. The molecule has 0 radical (unpaired) electrons. The van der Waals surface area contributed by atoms with Crippen LogP contribution < -0.4 is 14.5 Å². The van der Waals surface area contributed by atoms with Crippen LogP contribution in [0.25, 0.3) is 0 Å². The molecule has 1 saturated heterocycles. The van der Waals surface area contributed by atoms with E-state index < -0.39 is 5.82 Å². The molecule has 1 aliphatic heterocycles. The molecule has 1 aliphatic rings. The Kier molecular flexibility index (Phi) is 7.24. The molecule has 30 heavy (non-hydrogen) atoms. The molecule has 3 rings (SSSR count). The van der Waals surface area contributed by atoms with E-state index in [4.69, 9.17) is 4.74 Å². The molecule has 1 fully saturated rings. The first-order chi connectivity index (χ1) is 14.4. The molecule has 0 spiro atoms. The highest BCUT2D eigenvalue weighted by Crippen LogP contribution is 2.27. The van der Waals surface area contributed by atoms with Crippen LogP contribution in [0.1, 0.15) is 51.0 Å². The van der Waals surface area contributed by atoms with E-state index in [1.54, 1.807) is 4.90 Å². The van der Waals surface area contributed by atoms with Gasteiger partial charge in [-0.2, -0.15) is 4.98 Å². The number of ketones is 1. The van der Waals surface area contributed by atoms with Crippen molar-refractivity contribution in [1.82, 2.24) is 9.97 Å². The van der Waals surface area contributed by atoms with E-state index in [9.17, 15) is 9.18 Å². The van der Waals surface area contributed by atoms with Gasteiger partial charge in [-0.05, 0) is 24.1 Å². The van der Waals surface area contributed by atoms with Gasteiger partial charge in [0.05, 0.1) is 12.7 Å². The van der Waals surface area contributed by atoms with Gasteiger partial charge in [0, 0.05) is 39.4 Å². The summed E-state index contributed by atoms with van der Waals surface area (Å²) in [5, 5.41) is 0. The first kappa shape index (κ1) is 22.0. The summed E-state index contributed by atoms with van der Waals surface area (Å²) < 4.78 is 20.4. The molecule has 162 valence electrons. The summed E-state index contributed by atoms with van der Waals surface area (Å²) in [7, 11) is 3.66. The van der Waals surface area contributed by atoms with Crippen molar-refractivity contribution in [2.75, 3.05) is 37.0 Å².